The molecule has 0 atom stereocenters. The number of rotatable bonds is 8. The molecule has 3 aromatic carbocycles. The second-order valence-electron chi connectivity index (χ2n) is 6.96. The van der Waals surface area contributed by atoms with Gasteiger partial charge in [-0.2, -0.15) is 0 Å². The number of ether oxygens (including phenoxy) is 3. The van der Waals surface area contributed by atoms with Crippen LogP contribution in [0.4, 0.5) is 5.69 Å². The molecule has 0 radical (unpaired) electrons. The molecule has 0 saturated carbocycles. The van der Waals surface area contributed by atoms with E-state index < -0.39 is 0 Å². The van der Waals surface area contributed by atoms with E-state index in [0.717, 1.165) is 5.56 Å². The summed E-state index contributed by atoms with van der Waals surface area (Å²) in [6.07, 6.45) is 0. The van der Waals surface area contributed by atoms with Gasteiger partial charge in [-0.25, -0.2) is 0 Å². The van der Waals surface area contributed by atoms with Crippen LogP contribution < -0.4 is 24.4 Å². The number of hydrogen-bond donors (Lipinski definition) is 1. The normalized spacial score (nSPS) is 10.2. The van der Waals surface area contributed by atoms with Gasteiger partial charge in [0, 0.05) is 19.2 Å². The Labute approximate surface area is 187 Å². The van der Waals surface area contributed by atoms with Crippen LogP contribution in [0, 0.1) is 0 Å². The maximum atomic E-state index is 13.3. The molecule has 3 aromatic rings. The fourth-order valence-electron chi connectivity index (χ4n) is 3.34. The summed E-state index contributed by atoms with van der Waals surface area (Å²) in [4.78, 5) is 27.6. The van der Waals surface area contributed by atoms with Crippen LogP contribution in [0.1, 0.15) is 26.3 Å². The van der Waals surface area contributed by atoms with Gasteiger partial charge in [-0.05, 0) is 29.8 Å². The minimum Gasteiger partial charge on any atom is -0.493 e. The highest BCUT2D eigenvalue weighted by Gasteiger charge is 2.23. The first kappa shape index (κ1) is 22.7. The summed E-state index contributed by atoms with van der Waals surface area (Å²) < 4.78 is 16.0. The van der Waals surface area contributed by atoms with Crippen LogP contribution in [0.5, 0.6) is 17.2 Å². The summed E-state index contributed by atoms with van der Waals surface area (Å²) in [6.45, 7) is 0.387. The highest BCUT2D eigenvalue weighted by atomic mass is 16.5. The number of carbonyl (C=O) groups is 2. The second-order valence-corrected chi connectivity index (χ2v) is 6.96. The lowest BCUT2D eigenvalue weighted by molar-refractivity contribution is 0.0951. The summed E-state index contributed by atoms with van der Waals surface area (Å²) in [7, 11) is 6.09. The number of para-hydroxylation sites is 1. The number of carbonyl (C=O) groups excluding carboxylic acids is 2. The molecular formula is C25H26N2O5. The van der Waals surface area contributed by atoms with Gasteiger partial charge in [-0.3, -0.25) is 9.59 Å². The molecule has 3 rings (SSSR count). The zero-order valence-electron chi connectivity index (χ0n) is 18.5. The zero-order valence-corrected chi connectivity index (χ0v) is 18.5. The Balaban J connectivity index is 1.87. The zero-order chi connectivity index (χ0) is 23.1. The predicted molar refractivity (Wildman–Crippen MR) is 123 cm³/mol. The first-order chi connectivity index (χ1) is 15.5. The van der Waals surface area contributed by atoms with E-state index in [0.29, 0.717) is 40.6 Å². The van der Waals surface area contributed by atoms with Crippen molar-refractivity contribution in [3.05, 3.63) is 83.4 Å². The first-order valence-corrected chi connectivity index (χ1v) is 9.99. The topological polar surface area (TPSA) is 77.1 Å². The van der Waals surface area contributed by atoms with Crippen LogP contribution >= 0.6 is 0 Å². The third kappa shape index (κ3) is 4.83. The lowest BCUT2D eigenvalue weighted by Crippen LogP contribution is -2.30. The molecule has 0 spiro atoms. The molecule has 32 heavy (non-hydrogen) atoms. The smallest absolute Gasteiger partial charge is 0.258 e. The van der Waals surface area contributed by atoms with Crippen molar-refractivity contribution in [3.8, 4) is 17.2 Å². The van der Waals surface area contributed by atoms with Gasteiger partial charge in [0.2, 0.25) is 5.75 Å². The molecule has 166 valence electrons. The summed E-state index contributed by atoms with van der Waals surface area (Å²) in [5, 5.41) is 2.91. The van der Waals surface area contributed by atoms with Crippen molar-refractivity contribution in [2.75, 3.05) is 33.3 Å². The summed E-state index contributed by atoms with van der Waals surface area (Å²) in [5.74, 6) is 0.548. The van der Waals surface area contributed by atoms with Crippen LogP contribution in [0.3, 0.4) is 0 Å². The highest BCUT2D eigenvalue weighted by molar-refractivity contribution is 6.10. The van der Waals surface area contributed by atoms with Crippen molar-refractivity contribution in [1.82, 2.24) is 5.32 Å². The Morgan fingerprint density at radius 2 is 1.44 bits per heavy atom. The van der Waals surface area contributed by atoms with Crippen LogP contribution in [0.25, 0.3) is 0 Å². The molecule has 0 aliphatic heterocycles. The van der Waals surface area contributed by atoms with Crippen molar-refractivity contribution < 1.29 is 23.8 Å². The molecule has 2 amide bonds. The molecule has 0 bridgehead atoms. The molecule has 0 aromatic heterocycles. The fourth-order valence-corrected chi connectivity index (χ4v) is 3.34. The average Bonchev–Trinajstić information content (AvgIpc) is 2.85. The third-order valence-electron chi connectivity index (χ3n) is 5.02. The van der Waals surface area contributed by atoms with Crippen LogP contribution in [0.15, 0.2) is 66.7 Å². The van der Waals surface area contributed by atoms with Crippen LogP contribution in [-0.2, 0) is 6.54 Å². The minimum atomic E-state index is -0.326. The molecule has 0 saturated heterocycles. The number of nitrogens with one attached hydrogen (secondary N) is 1. The first-order valence-electron chi connectivity index (χ1n) is 9.99. The molecule has 0 heterocycles. The van der Waals surface area contributed by atoms with Crippen molar-refractivity contribution in [3.63, 3.8) is 0 Å². The van der Waals surface area contributed by atoms with Crippen molar-refractivity contribution in [2.24, 2.45) is 0 Å². The predicted octanol–water partition coefficient (Wildman–Crippen LogP) is 3.92. The van der Waals surface area contributed by atoms with E-state index in [2.05, 4.69) is 5.32 Å². The van der Waals surface area contributed by atoms with Gasteiger partial charge in [0.05, 0.1) is 32.6 Å². The average molecular weight is 434 g/mol. The summed E-state index contributed by atoms with van der Waals surface area (Å²) in [5.41, 5.74) is 2.20. The van der Waals surface area contributed by atoms with E-state index >= 15 is 0 Å². The van der Waals surface area contributed by atoms with E-state index in [9.17, 15) is 9.59 Å². The van der Waals surface area contributed by atoms with Gasteiger partial charge in [0.1, 0.15) is 0 Å². The number of amides is 2. The van der Waals surface area contributed by atoms with Crippen LogP contribution in [-0.4, -0.2) is 40.2 Å². The fraction of sp³-hybridized carbons (Fsp3) is 0.200. The number of hydrogen-bond acceptors (Lipinski definition) is 5. The van der Waals surface area contributed by atoms with Crippen LogP contribution in [0.2, 0.25) is 0 Å². The van der Waals surface area contributed by atoms with Gasteiger partial charge in [-0.15, -0.1) is 0 Å². The van der Waals surface area contributed by atoms with Crippen molar-refractivity contribution >= 4 is 17.5 Å². The lowest BCUT2D eigenvalue weighted by Gasteiger charge is -2.22. The van der Waals surface area contributed by atoms with Gasteiger partial charge in [0.25, 0.3) is 11.8 Å². The standard InChI is InChI=1S/C25H26N2O5/c1-27(25(29)18-14-21(30-2)23(32-4)22(15-18)31-3)20-13-9-8-12-19(20)24(28)26-16-17-10-6-5-7-11-17/h5-15H,16H2,1-4H3,(H,26,28). The summed E-state index contributed by atoms with van der Waals surface area (Å²) >= 11 is 0. The Morgan fingerprint density at radius 3 is 2.03 bits per heavy atom. The molecule has 7 heteroatoms. The Bertz CT molecular complexity index is 1070. The van der Waals surface area contributed by atoms with Gasteiger partial charge >= 0.3 is 0 Å². The number of benzene rings is 3. The highest BCUT2D eigenvalue weighted by Crippen LogP contribution is 2.38. The minimum absolute atomic E-state index is 0.269. The van der Waals surface area contributed by atoms with Crippen molar-refractivity contribution in [2.45, 2.75) is 6.54 Å². The quantitative estimate of drug-likeness (QED) is 0.582. The second kappa shape index (κ2) is 10.3. The van der Waals surface area contributed by atoms with Gasteiger partial charge < -0.3 is 24.4 Å². The maximum Gasteiger partial charge on any atom is 0.258 e. The molecule has 0 aliphatic rings. The number of methoxy groups -OCH3 is 3. The Morgan fingerprint density at radius 1 is 0.844 bits per heavy atom. The molecule has 0 unspecified atom stereocenters. The lowest BCUT2D eigenvalue weighted by atomic mass is 10.1. The third-order valence-corrected chi connectivity index (χ3v) is 5.02. The largest absolute Gasteiger partial charge is 0.493 e. The molecular weight excluding hydrogens is 408 g/mol. The number of anilines is 1. The van der Waals surface area contributed by atoms with E-state index in [4.69, 9.17) is 14.2 Å². The SMILES string of the molecule is COc1cc(C(=O)N(C)c2ccccc2C(=O)NCc2ccccc2)cc(OC)c1OC. The Hall–Kier alpha value is -4.00. The maximum absolute atomic E-state index is 13.3. The van der Waals surface area contributed by atoms with Gasteiger partial charge in [-0.1, -0.05) is 42.5 Å². The van der Waals surface area contributed by atoms with E-state index in [-0.39, 0.29) is 11.8 Å². The van der Waals surface area contributed by atoms with E-state index in [1.54, 1.807) is 43.4 Å². The molecule has 0 fully saturated rings. The summed E-state index contributed by atoms with van der Waals surface area (Å²) in [6, 6.07) is 19.8. The molecule has 0 aliphatic carbocycles. The monoisotopic (exact) mass is 434 g/mol. The molecule has 7 nitrogen and oxygen atoms in total. The van der Waals surface area contributed by atoms with Crippen molar-refractivity contribution in [1.29, 1.82) is 0 Å². The Kier molecular flexibility index (Phi) is 7.33. The molecule has 1 N–H and O–H groups in total. The van der Waals surface area contributed by atoms with E-state index in [1.165, 1.54) is 26.2 Å². The van der Waals surface area contributed by atoms with E-state index in [1.807, 2.05) is 30.3 Å². The number of nitrogens with zero attached hydrogens (tertiary/aromatic N) is 1. The van der Waals surface area contributed by atoms with Gasteiger partial charge in [0.15, 0.2) is 11.5 Å².